The van der Waals surface area contributed by atoms with Crippen molar-refractivity contribution < 1.29 is 14.3 Å². The van der Waals surface area contributed by atoms with Crippen LogP contribution in [0.15, 0.2) is 39.6 Å². The second kappa shape index (κ2) is 6.13. The molecule has 5 nitrogen and oxygen atoms in total. The number of aliphatic carboxylic acids is 1. The van der Waals surface area contributed by atoms with E-state index in [9.17, 15) is 14.0 Å². The Kier molecular flexibility index (Phi) is 4.18. The summed E-state index contributed by atoms with van der Waals surface area (Å²) in [5.74, 6) is -1.32. The summed E-state index contributed by atoms with van der Waals surface area (Å²) in [6.45, 7) is 1.52. The first-order valence-electron chi connectivity index (χ1n) is 6.62. The van der Waals surface area contributed by atoms with E-state index in [1.54, 1.807) is 17.5 Å². The van der Waals surface area contributed by atoms with Crippen LogP contribution in [0.4, 0.5) is 4.39 Å². The summed E-state index contributed by atoms with van der Waals surface area (Å²) < 4.78 is 13.0. The minimum atomic E-state index is -0.976. The summed E-state index contributed by atoms with van der Waals surface area (Å²) in [7, 11) is 0. The van der Waals surface area contributed by atoms with Gasteiger partial charge in [-0.05, 0) is 24.6 Å². The van der Waals surface area contributed by atoms with Crippen molar-refractivity contribution >= 4 is 39.3 Å². The third kappa shape index (κ3) is 3.13. The van der Waals surface area contributed by atoms with Gasteiger partial charge >= 0.3 is 5.97 Å². The molecule has 2 heterocycles. The van der Waals surface area contributed by atoms with Crippen LogP contribution in [0.25, 0.3) is 21.3 Å². The molecule has 8 heteroatoms. The van der Waals surface area contributed by atoms with E-state index in [2.05, 4.69) is 9.97 Å². The lowest BCUT2D eigenvalue weighted by Gasteiger charge is -2.05. The molecule has 1 unspecified atom stereocenters. The summed E-state index contributed by atoms with van der Waals surface area (Å²) in [6, 6.07) is 5.87. The van der Waals surface area contributed by atoms with Gasteiger partial charge in [0.1, 0.15) is 15.9 Å². The minimum absolute atomic E-state index is 0.268. The maximum Gasteiger partial charge on any atom is 0.316 e. The first-order valence-corrected chi connectivity index (χ1v) is 8.38. The number of thiophene rings is 1. The number of halogens is 1. The third-order valence-electron chi connectivity index (χ3n) is 3.21. The van der Waals surface area contributed by atoms with Gasteiger partial charge in [0.25, 0.3) is 5.56 Å². The van der Waals surface area contributed by atoms with Crippen molar-refractivity contribution in [1.82, 2.24) is 9.97 Å². The summed E-state index contributed by atoms with van der Waals surface area (Å²) in [6.07, 6.45) is 0. The quantitative estimate of drug-likeness (QED) is 0.557. The molecule has 0 radical (unpaired) electrons. The highest BCUT2D eigenvalue weighted by Crippen LogP contribution is 2.32. The van der Waals surface area contributed by atoms with Crippen LogP contribution in [0.1, 0.15) is 6.92 Å². The molecule has 0 aliphatic rings. The van der Waals surface area contributed by atoms with Gasteiger partial charge in [-0.3, -0.25) is 9.59 Å². The molecule has 118 valence electrons. The highest BCUT2D eigenvalue weighted by molar-refractivity contribution is 8.00. The molecular formula is C15H11FN2O3S2. The topological polar surface area (TPSA) is 83.0 Å². The second-order valence-corrected chi connectivity index (χ2v) is 6.99. The molecule has 1 aromatic carbocycles. The van der Waals surface area contributed by atoms with Crippen molar-refractivity contribution in [2.24, 2.45) is 0 Å². The minimum Gasteiger partial charge on any atom is -0.480 e. The van der Waals surface area contributed by atoms with Gasteiger partial charge in [-0.1, -0.05) is 23.9 Å². The Labute approximate surface area is 138 Å². The second-order valence-electron chi connectivity index (χ2n) is 4.81. The fourth-order valence-electron chi connectivity index (χ4n) is 2.04. The van der Waals surface area contributed by atoms with Crippen LogP contribution in [0.3, 0.4) is 0 Å². The van der Waals surface area contributed by atoms with Crippen LogP contribution in [0.2, 0.25) is 0 Å². The maximum atomic E-state index is 13.0. The van der Waals surface area contributed by atoms with Crippen molar-refractivity contribution in [2.75, 3.05) is 0 Å². The third-order valence-corrected chi connectivity index (χ3v) is 5.06. The Morgan fingerprint density at radius 2 is 2.09 bits per heavy atom. The number of carboxylic acid groups (broad SMARTS) is 1. The molecule has 3 rings (SSSR count). The van der Waals surface area contributed by atoms with Gasteiger partial charge in [0.2, 0.25) is 0 Å². The summed E-state index contributed by atoms with van der Waals surface area (Å²) in [4.78, 5) is 30.7. The number of fused-ring (bicyclic) bond motifs is 1. The Hall–Kier alpha value is -2.19. The maximum absolute atomic E-state index is 13.0. The fourth-order valence-corrected chi connectivity index (χ4v) is 3.78. The predicted octanol–water partition coefficient (Wildman–Crippen LogP) is 3.36. The predicted molar refractivity (Wildman–Crippen MR) is 88.6 cm³/mol. The molecule has 0 saturated heterocycles. The van der Waals surface area contributed by atoms with Crippen LogP contribution in [-0.2, 0) is 4.79 Å². The highest BCUT2D eigenvalue weighted by Gasteiger charge is 2.17. The number of rotatable bonds is 4. The van der Waals surface area contributed by atoms with Crippen LogP contribution in [-0.4, -0.2) is 26.3 Å². The van der Waals surface area contributed by atoms with Crippen molar-refractivity contribution in [3.05, 3.63) is 45.8 Å². The van der Waals surface area contributed by atoms with Crippen LogP contribution < -0.4 is 5.56 Å². The molecule has 0 spiro atoms. The monoisotopic (exact) mass is 350 g/mol. The molecule has 0 amide bonds. The van der Waals surface area contributed by atoms with Crippen molar-refractivity contribution in [3.63, 3.8) is 0 Å². The van der Waals surface area contributed by atoms with E-state index in [0.717, 1.165) is 17.3 Å². The molecule has 0 saturated carbocycles. The van der Waals surface area contributed by atoms with E-state index in [1.165, 1.54) is 30.4 Å². The average Bonchev–Trinajstić information content (AvgIpc) is 2.92. The number of H-pyrrole nitrogens is 1. The summed E-state index contributed by atoms with van der Waals surface area (Å²) in [5, 5.41) is 10.7. The largest absolute Gasteiger partial charge is 0.480 e. The van der Waals surface area contributed by atoms with E-state index in [1.807, 2.05) is 0 Å². The van der Waals surface area contributed by atoms with Crippen molar-refractivity contribution in [3.8, 4) is 11.1 Å². The van der Waals surface area contributed by atoms with Gasteiger partial charge in [0, 0.05) is 10.9 Å². The number of aromatic nitrogens is 2. The zero-order chi connectivity index (χ0) is 16.6. The van der Waals surface area contributed by atoms with Gasteiger partial charge < -0.3 is 10.1 Å². The Bertz CT molecular complexity index is 934. The van der Waals surface area contributed by atoms with E-state index >= 15 is 0 Å². The summed E-state index contributed by atoms with van der Waals surface area (Å²) >= 11 is 2.27. The van der Waals surface area contributed by atoms with E-state index in [4.69, 9.17) is 5.11 Å². The molecule has 1 atom stereocenters. The molecule has 23 heavy (non-hydrogen) atoms. The number of nitrogens with one attached hydrogen (secondary N) is 1. The molecule has 2 aromatic heterocycles. The lowest BCUT2D eigenvalue weighted by atomic mass is 10.1. The van der Waals surface area contributed by atoms with Crippen molar-refractivity contribution in [1.29, 1.82) is 0 Å². The molecule has 2 N–H and O–H groups in total. The van der Waals surface area contributed by atoms with Gasteiger partial charge in [-0.15, -0.1) is 11.3 Å². The molecule has 0 bridgehead atoms. The Morgan fingerprint density at radius 3 is 2.74 bits per heavy atom. The number of thioether (sulfide) groups is 1. The van der Waals surface area contributed by atoms with Crippen molar-refractivity contribution in [2.45, 2.75) is 17.3 Å². The van der Waals surface area contributed by atoms with E-state index in [0.29, 0.717) is 15.8 Å². The average molecular weight is 350 g/mol. The van der Waals surface area contributed by atoms with E-state index in [-0.39, 0.29) is 16.5 Å². The fraction of sp³-hybridized carbons (Fsp3) is 0.133. The number of nitrogens with zero attached hydrogens (tertiary/aromatic N) is 1. The zero-order valence-corrected chi connectivity index (χ0v) is 13.5. The molecule has 0 fully saturated rings. The van der Waals surface area contributed by atoms with Gasteiger partial charge in [-0.2, -0.15) is 0 Å². The molecule has 3 aromatic rings. The number of hydrogen-bond donors (Lipinski definition) is 2. The van der Waals surface area contributed by atoms with Crippen LogP contribution in [0.5, 0.6) is 0 Å². The lowest BCUT2D eigenvalue weighted by molar-refractivity contribution is -0.136. The number of aromatic amines is 1. The number of carboxylic acids is 1. The SMILES string of the molecule is CC(Sc1nc2scc(-c3ccc(F)cc3)c2c(=O)[nH]1)C(=O)O. The molecule has 0 aliphatic carbocycles. The number of carbonyl (C=O) groups is 1. The molecular weight excluding hydrogens is 339 g/mol. The van der Waals surface area contributed by atoms with Crippen LogP contribution in [0, 0.1) is 5.82 Å². The summed E-state index contributed by atoms with van der Waals surface area (Å²) in [5.41, 5.74) is 1.07. The smallest absolute Gasteiger partial charge is 0.316 e. The van der Waals surface area contributed by atoms with Gasteiger partial charge in [-0.25, -0.2) is 9.37 Å². The highest BCUT2D eigenvalue weighted by atomic mass is 32.2. The zero-order valence-electron chi connectivity index (χ0n) is 11.9. The van der Waals surface area contributed by atoms with Gasteiger partial charge in [0.15, 0.2) is 5.16 Å². The Balaban J connectivity index is 2.06. The standard InChI is InChI=1S/C15H11FN2O3S2/c1-7(14(20)21)23-15-17-12(19)11-10(6-22-13(11)18-15)8-2-4-9(16)5-3-8/h2-7H,1H3,(H,20,21)(H,17,18,19). The van der Waals surface area contributed by atoms with E-state index < -0.39 is 11.2 Å². The van der Waals surface area contributed by atoms with Crippen LogP contribution >= 0.6 is 23.1 Å². The lowest BCUT2D eigenvalue weighted by Crippen LogP contribution is -2.14. The van der Waals surface area contributed by atoms with Gasteiger partial charge in [0.05, 0.1) is 5.39 Å². The number of benzene rings is 1. The normalized spacial score (nSPS) is 12.4. The molecule has 0 aliphatic heterocycles. The number of hydrogen-bond acceptors (Lipinski definition) is 5. The first-order chi connectivity index (χ1) is 11.0. The first kappa shape index (κ1) is 15.7. The Morgan fingerprint density at radius 1 is 1.39 bits per heavy atom.